The Kier molecular flexibility index (Phi) is 5.51. The molecule has 0 aliphatic rings. The maximum atomic E-state index is 9.10. The van der Waals surface area contributed by atoms with Crippen LogP contribution >= 0.6 is 0 Å². The summed E-state index contributed by atoms with van der Waals surface area (Å²) in [5.41, 5.74) is 0. The molecule has 0 rings (SSSR count). The van der Waals surface area contributed by atoms with E-state index in [0.29, 0.717) is 6.04 Å². The summed E-state index contributed by atoms with van der Waals surface area (Å²) in [6.07, 6.45) is 2.22. The molecule has 0 radical (unpaired) electrons. The van der Waals surface area contributed by atoms with Gasteiger partial charge in [-0.2, -0.15) is 0 Å². The van der Waals surface area contributed by atoms with Crippen LogP contribution in [-0.2, 0) is 0 Å². The minimum absolute atomic E-state index is 0.209. The van der Waals surface area contributed by atoms with Crippen molar-refractivity contribution < 1.29 is 5.11 Å². The van der Waals surface area contributed by atoms with Crippen LogP contribution in [0.5, 0.6) is 0 Å². The average molecular weight is 159 g/mol. The van der Waals surface area contributed by atoms with E-state index in [1.165, 1.54) is 12.8 Å². The monoisotopic (exact) mass is 159 g/mol. The van der Waals surface area contributed by atoms with Crippen LogP contribution in [0.15, 0.2) is 0 Å². The second-order valence-corrected chi connectivity index (χ2v) is 3.43. The largest absolute Gasteiger partial charge is 0.392 e. The van der Waals surface area contributed by atoms with E-state index in [2.05, 4.69) is 25.8 Å². The second-order valence-electron chi connectivity index (χ2n) is 3.43. The highest BCUT2D eigenvalue weighted by Gasteiger charge is 2.09. The maximum absolute atomic E-state index is 9.10. The summed E-state index contributed by atoms with van der Waals surface area (Å²) in [4.78, 5) is 2.20. The number of hydrogen-bond donors (Lipinski definition) is 1. The van der Waals surface area contributed by atoms with Gasteiger partial charge in [-0.15, -0.1) is 0 Å². The minimum atomic E-state index is -0.209. The molecule has 11 heavy (non-hydrogen) atoms. The molecule has 2 heteroatoms. The Morgan fingerprint density at radius 2 is 1.91 bits per heavy atom. The molecule has 0 spiro atoms. The first kappa shape index (κ1) is 10.9. The van der Waals surface area contributed by atoms with Crippen molar-refractivity contribution in [3.05, 3.63) is 0 Å². The molecule has 0 amide bonds. The van der Waals surface area contributed by atoms with E-state index in [0.717, 1.165) is 6.54 Å². The lowest BCUT2D eigenvalue weighted by Gasteiger charge is -2.25. The molecule has 0 aliphatic heterocycles. The number of aliphatic hydroxyl groups is 1. The molecule has 0 heterocycles. The lowest BCUT2D eigenvalue weighted by Crippen LogP contribution is -2.34. The number of nitrogens with zero attached hydrogens (tertiary/aromatic N) is 1. The molecule has 0 bridgehead atoms. The number of aliphatic hydroxyl groups excluding tert-OH is 1. The van der Waals surface area contributed by atoms with E-state index >= 15 is 0 Å². The van der Waals surface area contributed by atoms with Gasteiger partial charge in [0.15, 0.2) is 0 Å². The van der Waals surface area contributed by atoms with Crippen LogP contribution in [0.2, 0.25) is 0 Å². The molecule has 2 unspecified atom stereocenters. The Labute approximate surface area is 70.2 Å². The summed E-state index contributed by atoms with van der Waals surface area (Å²) in [6.45, 7) is 6.99. The fourth-order valence-corrected chi connectivity index (χ4v) is 1.23. The van der Waals surface area contributed by atoms with Crippen LogP contribution in [0.3, 0.4) is 0 Å². The summed E-state index contributed by atoms with van der Waals surface area (Å²) in [6, 6.07) is 0.592. The van der Waals surface area contributed by atoms with Crippen molar-refractivity contribution in [2.75, 3.05) is 13.6 Å². The molecule has 0 aliphatic carbocycles. The summed E-state index contributed by atoms with van der Waals surface area (Å²) in [5, 5.41) is 9.10. The van der Waals surface area contributed by atoms with E-state index in [9.17, 15) is 0 Å². The van der Waals surface area contributed by atoms with E-state index in [-0.39, 0.29) is 6.10 Å². The fraction of sp³-hybridized carbons (Fsp3) is 1.00. The van der Waals surface area contributed by atoms with Gasteiger partial charge in [-0.3, -0.25) is 0 Å². The smallest absolute Gasteiger partial charge is 0.0639 e. The molecule has 0 saturated heterocycles. The van der Waals surface area contributed by atoms with Crippen LogP contribution in [0.1, 0.15) is 33.6 Å². The van der Waals surface area contributed by atoms with Crippen molar-refractivity contribution in [3.63, 3.8) is 0 Å². The zero-order chi connectivity index (χ0) is 8.85. The standard InChI is InChI=1S/C9H21NO/c1-5-6-8(2)10(4)7-9(3)11/h8-9,11H,5-7H2,1-4H3. The van der Waals surface area contributed by atoms with Gasteiger partial charge in [-0.05, 0) is 27.3 Å². The topological polar surface area (TPSA) is 23.5 Å². The fourth-order valence-electron chi connectivity index (χ4n) is 1.23. The van der Waals surface area contributed by atoms with Gasteiger partial charge in [0.2, 0.25) is 0 Å². The minimum Gasteiger partial charge on any atom is -0.392 e. The summed E-state index contributed by atoms with van der Waals surface area (Å²) in [7, 11) is 2.06. The van der Waals surface area contributed by atoms with Gasteiger partial charge in [0.05, 0.1) is 6.10 Å². The third kappa shape index (κ3) is 5.22. The summed E-state index contributed by atoms with van der Waals surface area (Å²) in [5.74, 6) is 0. The average Bonchev–Trinajstić information content (AvgIpc) is 1.86. The van der Waals surface area contributed by atoms with Crippen molar-refractivity contribution >= 4 is 0 Å². The molecule has 1 N–H and O–H groups in total. The molecular weight excluding hydrogens is 138 g/mol. The van der Waals surface area contributed by atoms with Crippen LogP contribution in [0.4, 0.5) is 0 Å². The summed E-state index contributed by atoms with van der Waals surface area (Å²) < 4.78 is 0. The SMILES string of the molecule is CCCC(C)N(C)CC(C)O. The van der Waals surface area contributed by atoms with Crippen LogP contribution in [-0.4, -0.2) is 35.7 Å². The first-order valence-corrected chi connectivity index (χ1v) is 4.46. The Hall–Kier alpha value is -0.0800. The van der Waals surface area contributed by atoms with Crippen LogP contribution in [0, 0.1) is 0 Å². The van der Waals surface area contributed by atoms with Crippen molar-refractivity contribution in [3.8, 4) is 0 Å². The highest BCUT2D eigenvalue weighted by atomic mass is 16.3. The Balaban J connectivity index is 3.54. The lowest BCUT2D eigenvalue weighted by molar-refractivity contribution is 0.118. The normalized spacial score (nSPS) is 16.9. The molecule has 68 valence electrons. The van der Waals surface area contributed by atoms with Gasteiger partial charge in [0.1, 0.15) is 0 Å². The van der Waals surface area contributed by atoms with Gasteiger partial charge in [0.25, 0.3) is 0 Å². The first-order chi connectivity index (χ1) is 5.07. The van der Waals surface area contributed by atoms with Gasteiger partial charge in [-0.25, -0.2) is 0 Å². The highest BCUT2D eigenvalue weighted by molar-refractivity contribution is 4.64. The molecule has 2 nitrogen and oxygen atoms in total. The molecule has 0 aromatic heterocycles. The zero-order valence-corrected chi connectivity index (χ0v) is 8.17. The quantitative estimate of drug-likeness (QED) is 0.657. The predicted molar refractivity (Wildman–Crippen MR) is 48.7 cm³/mol. The van der Waals surface area contributed by atoms with Crippen LogP contribution < -0.4 is 0 Å². The van der Waals surface area contributed by atoms with Gasteiger partial charge in [0, 0.05) is 12.6 Å². The van der Waals surface area contributed by atoms with Crippen molar-refractivity contribution in [1.29, 1.82) is 0 Å². The molecule has 0 aromatic carbocycles. The molecule has 2 atom stereocenters. The summed E-state index contributed by atoms with van der Waals surface area (Å²) >= 11 is 0. The predicted octanol–water partition coefficient (Wildman–Crippen LogP) is 1.49. The maximum Gasteiger partial charge on any atom is 0.0639 e. The van der Waals surface area contributed by atoms with E-state index in [1.807, 2.05) is 6.92 Å². The van der Waals surface area contributed by atoms with E-state index in [1.54, 1.807) is 0 Å². The van der Waals surface area contributed by atoms with Crippen molar-refractivity contribution in [2.24, 2.45) is 0 Å². The van der Waals surface area contributed by atoms with E-state index < -0.39 is 0 Å². The Bertz CT molecular complexity index is 93.6. The van der Waals surface area contributed by atoms with Crippen LogP contribution in [0.25, 0.3) is 0 Å². The third-order valence-corrected chi connectivity index (χ3v) is 2.01. The Morgan fingerprint density at radius 3 is 2.27 bits per heavy atom. The van der Waals surface area contributed by atoms with Gasteiger partial charge >= 0.3 is 0 Å². The Morgan fingerprint density at radius 1 is 1.36 bits per heavy atom. The number of rotatable bonds is 5. The molecule has 0 fully saturated rings. The van der Waals surface area contributed by atoms with Crippen molar-refractivity contribution in [1.82, 2.24) is 4.90 Å². The third-order valence-electron chi connectivity index (χ3n) is 2.01. The number of hydrogen-bond acceptors (Lipinski definition) is 2. The zero-order valence-electron chi connectivity index (χ0n) is 8.17. The molecule has 0 aromatic rings. The second kappa shape index (κ2) is 5.56. The van der Waals surface area contributed by atoms with Crippen molar-refractivity contribution in [2.45, 2.75) is 45.8 Å². The van der Waals surface area contributed by atoms with Gasteiger partial charge in [-0.1, -0.05) is 13.3 Å². The molecule has 0 saturated carbocycles. The van der Waals surface area contributed by atoms with Gasteiger partial charge < -0.3 is 10.0 Å². The molecular formula is C9H21NO. The van der Waals surface area contributed by atoms with E-state index in [4.69, 9.17) is 5.11 Å². The first-order valence-electron chi connectivity index (χ1n) is 4.46. The highest BCUT2D eigenvalue weighted by Crippen LogP contribution is 2.03. The number of likely N-dealkylation sites (N-methyl/N-ethyl adjacent to an activating group) is 1. The lowest BCUT2D eigenvalue weighted by atomic mass is 10.1.